The molecule has 1 unspecified atom stereocenters. The topological polar surface area (TPSA) is 71.1 Å². The van der Waals surface area contributed by atoms with E-state index in [2.05, 4.69) is 15.6 Å². The Bertz CT molecular complexity index is 487. The molecule has 2 rings (SSSR count). The molecule has 1 atom stereocenters. The van der Waals surface area contributed by atoms with E-state index in [0.717, 1.165) is 17.9 Å². The van der Waals surface area contributed by atoms with Crippen molar-refractivity contribution in [1.29, 1.82) is 0 Å². The van der Waals surface area contributed by atoms with Crippen LogP contribution in [0.2, 0.25) is 0 Å². The summed E-state index contributed by atoms with van der Waals surface area (Å²) in [5, 5.41) is 6.38. The minimum absolute atomic E-state index is 0.0127. The van der Waals surface area contributed by atoms with Crippen molar-refractivity contribution in [2.75, 3.05) is 28.7 Å². The summed E-state index contributed by atoms with van der Waals surface area (Å²) in [6, 6.07) is 1.96. The molecule has 0 radical (unpaired) electrons. The molecule has 0 bridgehead atoms. The number of sulfone groups is 1. The van der Waals surface area contributed by atoms with Gasteiger partial charge in [-0.25, -0.2) is 8.42 Å². The van der Waals surface area contributed by atoms with Gasteiger partial charge in [-0.15, -0.1) is 0 Å². The maximum atomic E-state index is 11.3. The highest BCUT2D eigenvalue weighted by Crippen LogP contribution is 2.19. The van der Waals surface area contributed by atoms with E-state index >= 15 is 0 Å². The second kappa shape index (κ2) is 4.91. The van der Waals surface area contributed by atoms with Crippen LogP contribution in [-0.4, -0.2) is 37.5 Å². The van der Waals surface area contributed by atoms with E-state index in [-0.39, 0.29) is 17.5 Å². The maximum Gasteiger partial charge on any atom is 0.152 e. The lowest BCUT2D eigenvalue weighted by Crippen LogP contribution is -2.20. The van der Waals surface area contributed by atoms with Crippen molar-refractivity contribution in [1.82, 2.24) is 4.98 Å². The molecule has 1 aliphatic rings. The predicted molar refractivity (Wildman–Crippen MR) is 69.1 cm³/mol. The summed E-state index contributed by atoms with van der Waals surface area (Å²) >= 11 is 0. The second-order valence-corrected chi connectivity index (χ2v) is 6.47. The van der Waals surface area contributed by atoms with E-state index in [1.807, 2.05) is 13.0 Å². The van der Waals surface area contributed by atoms with Gasteiger partial charge in [0.1, 0.15) is 0 Å². The van der Waals surface area contributed by atoms with Crippen LogP contribution in [0.25, 0.3) is 0 Å². The van der Waals surface area contributed by atoms with Crippen LogP contribution in [0.15, 0.2) is 18.5 Å². The van der Waals surface area contributed by atoms with Gasteiger partial charge >= 0.3 is 0 Å². The molecule has 1 fully saturated rings. The van der Waals surface area contributed by atoms with Crippen molar-refractivity contribution in [2.45, 2.75) is 19.4 Å². The Hall–Kier alpha value is -1.30. The standard InChI is InChI=1S/C11H17N3O2S/c1-2-13-10-5-11(7-12-6-10)14-9-3-4-17(15,16)8-9/h5-7,9,13-14H,2-4,8H2,1H3. The zero-order valence-electron chi connectivity index (χ0n) is 9.81. The number of rotatable bonds is 4. The molecular formula is C11H17N3O2S. The molecule has 0 amide bonds. The first-order valence-corrected chi connectivity index (χ1v) is 7.57. The van der Waals surface area contributed by atoms with Gasteiger partial charge in [0.05, 0.1) is 35.3 Å². The Morgan fingerprint density at radius 1 is 1.41 bits per heavy atom. The van der Waals surface area contributed by atoms with Crippen LogP contribution in [-0.2, 0) is 9.84 Å². The smallest absolute Gasteiger partial charge is 0.152 e. The van der Waals surface area contributed by atoms with Crippen molar-refractivity contribution in [3.63, 3.8) is 0 Å². The van der Waals surface area contributed by atoms with Crippen LogP contribution in [0.5, 0.6) is 0 Å². The van der Waals surface area contributed by atoms with Gasteiger partial charge in [-0.3, -0.25) is 4.98 Å². The summed E-state index contributed by atoms with van der Waals surface area (Å²) in [6.07, 6.45) is 4.14. The van der Waals surface area contributed by atoms with Crippen molar-refractivity contribution in [3.05, 3.63) is 18.5 Å². The van der Waals surface area contributed by atoms with E-state index in [0.29, 0.717) is 6.42 Å². The van der Waals surface area contributed by atoms with E-state index in [1.165, 1.54) is 0 Å². The molecule has 1 saturated heterocycles. The SMILES string of the molecule is CCNc1cncc(NC2CCS(=O)(=O)C2)c1. The molecule has 2 N–H and O–H groups in total. The number of pyridine rings is 1. The zero-order valence-corrected chi connectivity index (χ0v) is 10.6. The monoisotopic (exact) mass is 255 g/mol. The molecule has 0 saturated carbocycles. The molecule has 94 valence electrons. The summed E-state index contributed by atoms with van der Waals surface area (Å²) in [6.45, 7) is 2.85. The van der Waals surface area contributed by atoms with Crippen LogP contribution in [0.3, 0.4) is 0 Å². The van der Waals surface area contributed by atoms with Gasteiger partial charge in [0.15, 0.2) is 9.84 Å². The Morgan fingerprint density at radius 3 is 2.82 bits per heavy atom. The summed E-state index contributed by atoms with van der Waals surface area (Å²) in [4.78, 5) is 4.11. The fourth-order valence-electron chi connectivity index (χ4n) is 1.96. The molecule has 17 heavy (non-hydrogen) atoms. The molecule has 0 aromatic carbocycles. The highest BCUT2D eigenvalue weighted by molar-refractivity contribution is 7.91. The molecule has 2 heterocycles. The van der Waals surface area contributed by atoms with E-state index < -0.39 is 9.84 Å². The highest BCUT2D eigenvalue weighted by Gasteiger charge is 2.27. The lowest BCUT2D eigenvalue weighted by Gasteiger charge is -2.13. The van der Waals surface area contributed by atoms with Crippen molar-refractivity contribution < 1.29 is 8.42 Å². The number of hydrogen-bond acceptors (Lipinski definition) is 5. The lowest BCUT2D eigenvalue weighted by molar-refractivity contribution is 0.602. The van der Waals surface area contributed by atoms with Crippen LogP contribution in [0, 0.1) is 0 Å². The van der Waals surface area contributed by atoms with Gasteiger partial charge in [-0.05, 0) is 19.4 Å². The molecule has 6 heteroatoms. The predicted octanol–water partition coefficient (Wildman–Crippen LogP) is 1.11. The van der Waals surface area contributed by atoms with Crippen LogP contribution < -0.4 is 10.6 Å². The summed E-state index contributed by atoms with van der Waals surface area (Å²) in [7, 11) is -2.83. The number of nitrogens with one attached hydrogen (secondary N) is 2. The van der Waals surface area contributed by atoms with Gasteiger partial charge in [-0.2, -0.15) is 0 Å². The fourth-order valence-corrected chi connectivity index (χ4v) is 3.64. The van der Waals surface area contributed by atoms with Gasteiger partial charge in [-0.1, -0.05) is 0 Å². The number of anilines is 2. The third-order valence-corrected chi connectivity index (χ3v) is 4.49. The molecule has 0 aliphatic carbocycles. The second-order valence-electron chi connectivity index (χ2n) is 4.24. The normalized spacial score (nSPS) is 22.3. The Labute approximate surface area is 102 Å². The molecule has 5 nitrogen and oxygen atoms in total. The first-order chi connectivity index (χ1) is 8.09. The Morgan fingerprint density at radius 2 is 2.18 bits per heavy atom. The highest BCUT2D eigenvalue weighted by atomic mass is 32.2. The number of nitrogens with zero attached hydrogens (tertiary/aromatic N) is 1. The Balaban J connectivity index is 2.01. The van der Waals surface area contributed by atoms with Crippen molar-refractivity contribution >= 4 is 21.2 Å². The molecule has 1 aliphatic heterocycles. The van der Waals surface area contributed by atoms with E-state index in [1.54, 1.807) is 12.4 Å². The first-order valence-electron chi connectivity index (χ1n) is 5.75. The summed E-state index contributed by atoms with van der Waals surface area (Å²) < 4.78 is 22.7. The molecule has 1 aromatic heterocycles. The van der Waals surface area contributed by atoms with Crippen molar-refractivity contribution in [3.8, 4) is 0 Å². The summed E-state index contributed by atoms with van der Waals surface area (Å²) in [5.74, 6) is 0.503. The van der Waals surface area contributed by atoms with Crippen LogP contribution in [0.4, 0.5) is 11.4 Å². The molecule has 1 aromatic rings. The fraction of sp³-hybridized carbons (Fsp3) is 0.545. The third kappa shape index (κ3) is 3.33. The van der Waals surface area contributed by atoms with Crippen LogP contribution >= 0.6 is 0 Å². The average molecular weight is 255 g/mol. The van der Waals surface area contributed by atoms with Gasteiger partial charge in [0.2, 0.25) is 0 Å². The van der Waals surface area contributed by atoms with E-state index in [4.69, 9.17) is 0 Å². The van der Waals surface area contributed by atoms with Gasteiger partial charge in [0, 0.05) is 12.6 Å². The van der Waals surface area contributed by atoms with Crippen LogP contribution in [0.1, 0.15) is 13.3 Å². The zero-order chi connectivity index (χ0) is 12.3. The number of aromatic nitrogens is 1. The quantitative estimate of drug-likeness (QED) is 0.843. The third-order valence-electron chi connectivity index (χ3n) is 2.72. The average Bonchev–Trinajstić information content (AvgIpc) is 2.59. The van der Waals surface area contributed by atoms with Gasteiger partial charge < -0.3 is 10.6 Å². The first kappa shape index (κ1) is 12.2. The maximum absolute atomic E-state index is 11.3. The molecule has 0 spiro atoms. The summed E-state index contributed by atoms with van der Waals surface area (Å²) in [5.41, 5.74) is 1.81. The van der Waals surface area contributed by atoms with E-state index in [9.17, 15) is 8.42 Å². The minimum Gasteiger partial charge on any atom is -0.384 e. The van der Waals surface area contributed by atoms with Crippen molar-refractivity contribution in [2.24, 2.45) is 0 Å². The largest absolute Gasteiger partial charge is 0.384 e. The molecular weight excluding hydrogens is 238 g/mol. The Kier molecular flexibility index (Phi) is 3.51. The lowest BCUT2D eigenvalue weighted by atomic mass is 10.2. The number of hydrogen-bond donors (Lipinski definition) is 2. The minimum atomic E-state index is -2.83. The van der Waals surface area contributed by atoms with Gasteiger partial charge in [0.25, 0.3) is 0 Å².